The van der Waals surface area contributed by atoms with Crippen LogP contribution in [0.4, 0.5) is 0 Å². The fraction of sp³-hybridized carbons (Fsp3) is 0.500. The number of hydrogen-bond donors (Lipinski definition) is 1. The van der Waals surface area contributed by atoms with Gasteiger partial charge in [-0.15, -0.1) is 5.41 Å². The summed E-state index contributed by atoms with van der Waals surface area (Å²) in [4.78, 5) is 0. The molecule has 0 rings (SSSR count). The van der Waals surface area contributed by atoms with Crippen LogP contribution in [-0.2, 0) is 32.7 Å². The van der Waals surface area contributed by atoms with Gasteiger partial charge < -0.3 is 24.0 Å². The molecule has 0 aromatic carbocycles. The minimum Gasteiger partial charge on any atom is -0.508 e. The first-order chi connectivity index (χ1) is 3.98. The van der Waals surface area contributed by atoms with Crippen LogP contribution < -0.4 is 5.73 Å². The van der Waals surface area contributed by atoms with Crippen molar-refractivity contribution in [2.45, 2.75) is 20.8 Å². The Morgan fingerprint density at radius 2 is 1.90 bits per heavy atom. The van der Waals surface area contributed by atoms with Crippen LogP contribution in [0.5, 0.6) is 0 Å². The van der Waals surface area contributed by atoms with Gasteiger partial charge in [-0.1, -0.05) is 20.8 Å². The van der Waals surface area contributed by atoms with Crippen LogP contribution in [0, 0.1) is 18.2 Å². The van der Waals surface area contributed by atoms with Gasteiger partial charge in [0.25, 0.3) is 0 Å². The molecule has 0 saturated carbocycles. The van der Waals surface area contributed by atoms with E-state index in [-0.39, 0.29) is 38.1 Å². The van der Waals surface area contributed by atoms with Crippen LogP contribution in [0.15, 0.2) is 11.6 Å². The molecule has 0 aliphatic heterocycles. The van der Waals surface area contributed by atoms with Gasteiger partial charge in [0.05, 0.1) is 0 Å². The maximum Gasteiger partial charge on any atom is 0 e. The maximum absolute atomic E-state index is 5.58. The third kappa shape index (κ3) is 5.19. The third-order valence-corrected chi connectivity index (χ3v) is 1.10. The quantitative estimate of drug-likeness (QED) is 0.399. The first-order valence-corrected chi connectivity index (χ1v) is 2.90. The van der Waals surface area contributed by atoms with Crippen molar-refractivity contribution in [2.24, 2.45) is 11.1 Å². The molecule has 0 spiro atoms. The zero-order valence-corrected chi connectivity index (χ0v) is 9.65. The normalized spacial score (nSPS) is 11.1. The van der Waals surface area contributed by atoms with E-state index in [1.807, 2.05) is 20.8 Å². The van der Waals surface area contributed by atoms with Crippen molar-refractivity contribution in [3.8, 4) is 0 Å². The Kier molecular flexibility index (Phi) is 6.62. The molecule has 0 aliphatic carbocycles. The van der Waals surface area contributed by atoms with Gasteiger partial charge in [0.1, 0.15) is 0 Å². The molecule has 0 aliphatic rings. The number of rotatable bonds is 1. The molecule has 2 heteroatoms. The van der Waals surface area contributed by atoms with Crippen molar-refractivity contribution in [3.63, 3.8) is 0 Å². The summed E-state index contributed by atoms with van der Waals surface area (Å²) >= 11 is 0. The second-order valence-electron chi connectivity index (χ2n) is 3.02. The predicted octanol–water partition coefficient (Wildman–Crippen LogP) is 1.66. The minimum atomic E-state index is 0. The van der Waals surface area contributed by atoms with Crippen molar-refractivity contribution < 1.29 is 32.7 Å². The average Bonchev–Trinajstić information content (AvgIpc) is 1.64. The molecule has 0 fully saturated rings. The fourth-order valence-electron chi connectivity index (χ4n) is 0.306. The fourth-order valence-corrected chi connectivity index (χ4v) is 0.306. The zero-order chi connectivity index (χ0) is 7.49. The SMILES string of the molecule is [CH-]=C(C=[C-]N)C(C)(C)C.[Y]. The molecule has 0 atom stereocenters. The number of nitrogens with two attached hydrogens (primary N) is 1. The molecule has 1 nitrogen and oxygen atoms in total. The monoisotopic (exact) mass is 212 g/mol. The van der Waals surface area contributed by atoms with Gasteiger partial charge in [-0.05, 0) is 0 Å². The first-order valence-electron chi connectivity index (χ1n) is 2.90. The Bertz CT molecular complexity index is 131. The molecule has 0 bridgehead atoms. The van der Waals surface area contributed by atoms with Crippen LogP contribution in [0.3, 0.4) is 0 Å². The van der Waals surface area contributed by atoms with Crippen molar-refractivity contribution in [1.29, 1.82) is 0 Å². The molecule has 0 heterocycles. The summed E-state index contributed by atoms with van der Waals surface area (Å²) in [6, 6.07) is 0. The summed E-state index contributed by atoms with van der Waals surface area (Å²) in [5.74, 6) is 0. The molecule has 55 valence electrons. The smallest absolute Gasteiger partial charge is 0 e. The van der Waals surface area contributed by atoms with E-state index in [4.69, 9.17) is 12.3 Å². The van der Waals surface area contributed by atoms with E-state index in [0.717, 1.165) is 5.57 Å². The van der Waals surface area contributed by atoms with Gasteiger partial charge in [-0.3, -0.25) is 6.20 Å². The van der Waals surface area contributed by atoms with Gasteiger partial charge in [-0.25, -0.2) is 0 Å². The molecule has 0 unspecified atom stereocenters. The average molecular weight is 212 g/mol. The summed E-state index contributed by atoms with van der Waals surface area (Å²) in [6.07, 6.45) is 3.98. The number of allylic oxidation sites excluding steroid dienone is 2. The van der Waals surface area contributed by atoms with E-state index in [2.05, 4.69) is 6.20 Å². The Labute approximate surface area is 88.6 Å². The maximum atomic E-state index is 5.58. The molecule has 0 aromatic rings. The largest absolute Gasteiger partial charge is 0.508 e. The summed E-state index contributed by atoms with van der Waals surface area (Å²) in [6.45, 7) is 11.7. The summed E-state index contributed by atoms with van der Waals surface area (Å²) < 4.78 is 0. The Morgan fingerprint density at radius 1 is 1.50 bits per heavy atom. The summed E-state index contributed by atoms with van der Waals surface area (Å²) in [5, 5.41) is 0. The molecule has 0 amide bonds. The number of hydrogen-bond acceptors (Lipinski definition) is 1. The summed E-state index contributed by atoms with van der Waals surface area (Å²) in [7, 11) is 0. The van der Waals surface area contributed by atoms with Crippen LogP contribution in [0.1, 0.15) is 20.8 Å². The van der Waals surface area contributed by atoms with Gasteiger partial charge >= 0.3 is 0 Å². The van der Waals surface area contributed by atoms with Crippen LogP contribution in [0.2, 0.25) is 0 Å². The van der Waals surface area contributed by atoms with Crippen LogP contribution >= 0.6 is 0 Å². The molecule has 2 N–H and O–H groups in total. The Morgan fingerprint density at radius 3 is 2.00 bits per heavy atom. The van der Waals surface area contributed by atoms with Gasteiger partial charge in [0.2, 0.25) is 0 Å². The predicted molar refractivity (Wildman–Crippen MR) is 39.3 cm³/mol. The topological polar surface area (TPSA) is 26.0 Å². The van der Waals surface area contributed by atoms with Crippen molar-refractivity contribution in [3.05, 3.63) is 24.4 Å². The standard InChI is InChI=1S/C8H13N.Y/c1-7(5-6-9)8(2,3)4;/h1,5H,9H2,2-4H3;/q-2;. The van der Waals surface area contributed by atoms with E-state index in [9.17, 15) is 0 Å². The summed E-state index contributed by atoms with van der Waals surface area (Å²) in [5.41, 5.74) is 5.78. The van der Waals surface area contributed by atoms with E-state index >= 15 is 0 Å². The van der Waals surface area contributed by atoms with Gasteiger partial charge in [-0.2, -0.15) is 0 Å². The van der Waals surface area contributed by atoms with Crippen molar-refractivity contribution in [1.82, 2.24) is 0 Å². The van der Waals surface area contributed by atoms with E-state index in [0.29, 0.717) is 0 Å². The van der Waals surface area contributed by atoms with E-state index in [1.165, 1.54) is 0 Å². The van der Waals surface area contributed by atoms with Crippen LogP contribution in [-0.4, -0.2) is 0 Å². The minimum absolute atomic E-state index is 0. The zero-order valence-electron chi connectivity index (χ0n) is 6.81. The second kappa shape index (κ2) is 5.09. The molecule has 1 radical (unpaired) electrons. The molecule has 10 heavy (non-hydrogen) atoms. The Hall–Kier alpha value is 0.384. The van der Waals surface area contributed by atoms with Gasteiger partial charge in [0.15, 0.2) is 0 Å². The molecular weight excluding hydrogens is 199 g/mol. The van der Waals surface area contributed by atoms with Crippen molar-refractivity contribution >= 4 is 0 Å². The molecule has 0 aromatic heterocycles. The van der Waals surface area contributed by atoms with Gasteiger partial charge in [0, 0.05) is 32.7 Å². The van der Waals surface area contributed by atoms with Crippen molar-refractivity contribution in [2.75, 3.05) is 0 Å². The molecule has 0 saturated heterocycles. The van der Waals surface area contributed by atoms with Crippen LogP contribution in [0.25, 0.3) is 0 Å². The molecular formula is C8H13NY-2. The second-order valence-corrected chi connectivity index (χ2v) is 3.02. The first kappa shape index (κ1) is 13.0. The Balaban J connectivity index is 0. The van der Waals surface area contributed by atoms with E-state index < -0.39 is 0 Å². The third-order valence-electron chi connectivity index (χ3n) is 1.10. The van der Waals surface area contributed by atoms with E-state index in [1.54, 1.807) is 6.08 Å².